The third-order valence-corrected chi connectivity index (χ3v) is 2.55. The number of nitrogens with zero attached hydrogens (tertiary/aromatic N) is 5. The average Bonchev–Trinajstić information content (AvgIpc) is 2.73. The van der Waals surface area contributed by atoms with Gasteiger partial charge in [0, 0.05) is 5.38 Å². The van der Waals surface area contributed by atoms with Gasteiger partial charge in [0.2, 0.25) is 0 Å². The molecular weight excluding hydrogens is 200 g/mol. The van der Waals surface area contributed by atoms with Crippen molar-refractivity contribution >= 4 is 11.3 Å². The van der Waals surface area contributed by atoms with E-state index < -0.39 is 0 Å². The summed E-state index contributed by atoms with van der Waals surface area (Å²) in [6.07, 6.45) is 0. The molecule has 2 heterocycles. The molecule has 0 spiro atoms. The molecule has 1 unspecified atom stereocenters. The first-order valence-electron chi connectivity index (χ1n) is 4.08. The van der Waals surface area contributed by atoms with Gasteiger partial charge in [0.25, 0.3) is 0 Å². The van der Waals surface area contributed by atoms with Crippen molar-refractivity contribution in [2.24, 2.45) is 12.8 Å². The van der Waals surface area contributed by atoms with Gasteiger partial charge < -0.3 is 5.73 Å². The molecule has 0 saturated heterocycles. The monoisotopic (exact) mass is 210 g/mol. The largest absolute Gasteiger partial charge is 0.316 e. The lowest BCUT2D eigenvalue weighted by atomic mass is 10.2. The molecule has 1 atom stereocenters. The van der Waals surface area contributed by atoms with Gasteiger partial charge in [-0.15, -0.1) is 21.5 Å². The van der Waals surface area contributed by atoms with E-state index in [1.54, 1.807) is 18.4 Å². The highest BCUT2D eigenvalue weighted by atomic mass is 32.1. The Hall–Kier alpha value is -1.34. The van der Waals surface area contributed by atoms with Crippen molar-refractivity contribution in [1.82, 2.24) is 25.2 Å². The quantitative estimate of drug-likeness (QED) is 0.755. The molecule has 2 rings (SSSR count). The summed E-state index contributed by atoms with van der Waals surface area (Å²) in [6.45, 7) is 1.94. The molecule has 0 aromatic carbocycles. The molecule has 2 aromatic heterocycles. The molecule has 6 nitrogen and oxygen atoms in total. The van der Waals surface area contributed by atoms with Crippen LogP contribution in [0.15, 0.2) is 5.38 Å². The summed E-state index contributed by atoms with van der Waals surface area (Å²) in [7, 11) is 1.70. The minimum atomic E-state index is -0.381. The number of tetrazole rings is 1. The Morgan fingerprint density at radius 2 is 2.36 bits per heavy atom. The van der Waals surface area contributed by atoms with E-state index in [4.69, 9.17) is 5.73 Å². The van der Waals surface area contributed by atoms with Crippen LogP contribution in [-0.2, 0) is 7.05 Å². The van der Waals surface area contributed by atoms with E-state index in [0.717, 1.165) is 10.7 Å². The lowest BCUT2D eigenvalue weighted by molar-refractivity contribution is 0.624. The lowest BCUT2D eigenvalue weighted by Gasteiger charge is -2.01. The molecule has 2 N–H and O–H groups in total. The van der Waals surface area contributed by atoms with Crippen LogP contribution in [-0.4, -0.2) is 25.2 Å². The van der Waals surface area contributed by atoms with Crippen molar-refractivity contribution in [3.63, 3.8) is 0 Å². The van der Waals surface area contributed by atoms with E-state index in [1.807, 2.05) is 12.3 Å². The maximum atomic E-state index is 5.91. The summed E-state index contributed by atoms with van der Waals surface area (Å²) < 4.78 is 0. The van der Waals surface area contributed by atoms with Gasteiger partial charge in [0.15, 0.2) is 5.82 Å². The van der Waals surface area contributed by atoms with Crippen LogP contribution in [0.25, 0.3) is 0 Å². The van der Waals surface area contributed by atoms with Crippen molar-refractivity contribution in [3.8, 4) is 0 Å². The second-order valence-corrected chi connectivity index (χ2v) is 3.97. The van der Waals surface area contributed by atoms with E-state index >= 15 is 0 Å². The third-order valence-electron chi connectivity index (χ3n) is 1.76. The first-order chi connectivity index (χ1) is 6.66. The second kappa shape index (κ2) is 3.43. The van der Waals surface area contributed by atoms with Crippen molar-refractivity contribution in [2.45, 2.75) is 13.0 Å². The van der Waals surface area contributed by atoms with Gasteiger partial charge in [0.05, 0.1) is 17.7 Å². The first-order valence-corrected chi connectivity index (χ1v) is 4.96. The van der Waals surface area contributed by atoms with Crippen LogP contribution < -0.4 is 5.73 Å². The maximum absolute atomic E-state index is 5.91. The van der Waals surface area contributed by atoms with E-state index in [9.17, 15) is 0 Å². The highest BCUT2D eigenvalue weighted by molar-refractivity contribution is 7.09. The maximum Gasteiger partial charge on any atom is 0.197 e. The molecule has 2 aromatic rings. The molecule has 0 aliphatic heterocycles. The zero-order chi connectivity index (χ0) is 10.1. The SMILES string of the molecule is Cc1nc(C(N)c2nnn(C)n2)cs1. The van der Waals surface area contributed by atoms with Crippen LogP contribution in [0.5, 0.6) is 0 Å². The predicted octanol–water partition coefficient (Wildman–Crippen LogP) is 0.0231. The molecule has 0 saturated carbocycles. The number of rotatable bonds is 2. The number of hydrogen-bond acceptors (Lipinski definition) is 6. The summed E-state index contributed by atoms with van der Waals surface area (Å²) in [6, 6.07) is -0.381. The molecule has 0 fully saturated rings. The molecule has 0 amide bonds. The smallest absolute Gasteiger partial charge is 0.197 e. The van der Waals surface area contributed by atoms with Gasteiger partial charge in [-0.1, -0.05) is 0 Å². The minimum Gasteiger partial charge on any atom is -0.316 e. The third kappa shape index (κ3) is 1.64. The Labute approximate surface area is 84.8 Å². The molecule has 7 heteroatoms. The van der Waals surface area contributed by atoms with Gasteiger partial charge in [-0.3, -0.25) is 0 Å². The standard InChI is InChI=1S/C7H10N6S/c1-4-9-5(3-14-4)6(8)7-10-12-13(2)11-7/h3,6H,8H2,1-2H3. The summed E-state index contributed by atoms with van der Waals surface area (Å²) in [5.74, 6) is 0.498. The van der Waals surface area contributed by atoms with Crippen LogP contribution in [0, 0.1) is 6.92 Å². The highest BCUT2D eigenvalue weighted by Crippen LogP contribution is 2.17. The lowest BCUT2D eigenvalue weighted by Crippen LogP contribution is -2.14. The van der Waals surface area contributed by atoms with Crippen LogP contribution in [0.4, 0.5) is 0 Å². The Morgan fingerprint density at radius 1 is 1.57 bits per heavy atom. The van der Waals surface area contributed by atoms with E-state index in [0.29, 0.717) is 5.82 Å². The summed E-state index contributed by atoms with van der Waals surface area (Å²) in [4.78, 5) is 5.66. The molecule has 14 heavy (non-hydrogen) atoms. The number of nitrogens with two attached hydrogens (primary N) is 1. The zero-order valence-corrected chi connectivity index (χ0v) is 8.69. The number of thiazole rings is 1. The Morgan fingerprint density at radius 3 is 2.86 bits per heavy atom. The molecule has 0 aliphatic rings. The molecular formula is C7H10N6S. The average molecular weight is 210 g/mol. The number of hydrogen-bond donors (Lipinski definition) is 1. The molecule has 0 bridgehead atoms. The predicted molar refractivity (Wildman–Crippen MR) is 51.7 cm³/mol. The van der Waals surface area contributed by atoms with Crippen LogP contribution in [0.1, 0.15) is 22.6 Å². The Kier molecular flexibility index (Phi) is 2.26. The summed E-state index contributed by atoms with van der Waals surface area (Å²) in [5, 5.41) is 14.5. The van der Waals surface area contributed by atoms with Crippen molar-refractivity contribution in [3.05, 3.63) is 21.9 Å². The minimum absolute atomic E-state index is 0.381. The van der Waals surface area contributed by atoms with Gasteiger partial charge in [0.1, 0.15) is 6.04 Å². The normalized spacial score (nSPS) is 13.1. The molecule has 74 valence electrons. The summed E-state index contributed by atoms with van der Waals surface area (Å²) >= 11 is 1.56. The van der Waals surface area contributed by atoms with Gasteiger partial charge >= 0.3 is 0 Å². The highest BCUT2D eigenvalue weighted by Gasteiger charge is 2.16. The Bertz CT molecular complexity index is 393. The molecule has 0 radical (unpaired) electrons. The van der Waals surface area contributed by atoms with Crippen molar-refractivity contribution < 1.29 is 0 Å². The van der Waals surface area contributed by atoms with Gasteiger partial charge in [-0.25, -0.2) is 4.98 Å². The van der Waals surface area contributed by atoms with E-state index in [-0.39, 0.29) is 6.04 Å². The van der Waals surface area contributed by atoms with E-state index in [2.05, 4.69) is 20.4 Å². The van der Waals surface area contributed by atoms with Gasteiger partial charge in [-0.2, -0.15) is 4.80 Å². The zero-order valence-electron chi connectivity index (χ0n) is 7.88. The van der Waals surface area contributed by atoms with Crippen LogP contribution in [0.2, 0.25) is 0 Å². The topological polar surface area (TPSA) is 82.5 Å². The fraction of sp³-hybridized carbons (Fsp3) is 0.429. The fourth-order valence-corrected chi connectivity index (χ4v) is 1.73. The number of aryl methyl sites for hydroxylation is 2. The molecule has 0 aliphatic carbocycles. The van der Waals surface area contributed by atoms with Gasteiger partial charge in [-0.05, 0) is 12.1 Å². The Balaban J connectivity index is 2.28. The van der Waals surface area contributed by atoms with Crippen molar-refractivity contribution in [2.75, 3.05) is 0 Å². The second-order valence-electron chi connectivity index (χ2n) is 2.91. The van der Waals surface area contributed by atoms with Crippen LogP contribution >= 0.6 is 11.3 Å². The van der Waals surface area contributed by atoms with Crippen LogP contribution in [0.3, 0.4) is 0 Å². The van der Waals surface area contributed by atoms with E-state index in [1.165, 1.54) is 4.80 Å². The van der Waals surface area contributed by atoms with Crippen molar-refractivity contribution in [1.29, 1.82) is 0 Å². The fourth-order valence-electron chi connectivity index (χ4n) is 1.08. The first kappa shape index (κ1) is 9.22. The summed E-state index contributed by atoms with van der Waals surface area (Å²) in [5.41, 5.74) is 6.70. The number of aromatic nitrogens is 5.